The van der Waals surface area contributed by atoms with E-state index in [1.54, 1.807) is 32.7 Å². The quantitative estimate of drug-likeness (QED) is 0.449. The molecule has 5 rings (SSSR count). The summed E-state index contributed by atoms with van der Waals surface area (Å²) in [6.45, 7) is 2.88. The normalized spacial score (nSPS) is 19.7. The molecule has 0 spiro atoms. The minimum atomic E-state index is -0.123. The number of hydrogen-bond acceptors (Lipinski definition) is 11. The van der Waals surface area contributed by atoms with Gasteiger partial charge in [0, 0.05) is 39.3 Å². The second kappa shape index (κ2) is 11.6. The largest absolute Gasteiger partial charge is 0.481 e. The molecule has 2 aliphatic rings. The maximum Gasteiger partial charge on any atom is 0.259 e. The van der Waals surface area contributed by atoms with E-state index in [4.69, 9.17) is 24.9 Å². The SMILES string of the molecule is CN(C)C(=O)COc1cnc(N[C@H]2CC[C@@H](Oc3nc(N4CCOCC4)cc4ncc(N)cc34)CC2)nc1. The van der Waals surface area contributed by atoms with Crippen LogP contribution in [0.15, 0.2) is 30.7 Å². The van der Waals surface area contributed by atoms with Gasteiger partial charge in [0.1, 0.15) is 11.9 Å². The topological polar surface area (TPSA) is 141 Å². The Labute approximate surface area is 221 Å². The summed E-state index contributed by atoms with van der Waals surface area (Å²) >= 11 is 0. The molecule has 1 aliphatic carbocycles. The first-order valence-corrected chi connectivity index (χ1v) is 12.9. The van der Waals surface area contributed by atoms with Crippen LogP contribution in [0.5, 0.6) is 11.6 Å². The van der Waals surface area contributed by atoms with Gasteiger partial charge in [-0.05, 0) is 31.7 Å². The first-order valence-electron chi connectivity index (χ1n) is 12.9. The molecule has 3 aromatic heterocycles. The third-order valence-electron chi connectivity index (χ3n) is 6.76. The van der Waals surface area contributed by atoms with Gasteiger partial charge in [-0.25, -0.2) is 9.97 Å². The molecule has 1 saturated carbocycles. The Bertz CT molecular complexity index is 1240. The number of nitrogens with one attached hydrogen (secondary N) is 1. The van der Waals surface area contributed by atoms with Crippen molar-refractivity contribution in [1.82, 2.24) is 24.8 Å². The Morgan fingerprint density at radius 2 is 1.84 bits per heavy atom. The lowest BCUT2D eigenvalue weighted by Crippen LogP contribution is -2.37. The van der Waals surface area contributed by atoms with Gasteiger partial charge in [-0.3, -0.25) is 9.78 Å². The van der Waals surface area contributed by atoms with Crippen molar-refractivity contribution < 1.29 is 19.0 Å². The number of fused-ring (bicyclic) bond motifs is 1. The first kappa shape index (κ1) is 25.7. The molecule has 0 aromatic carbocycles. The minimum absolute atomic E-state index is 0.0380. The summed E-state index contributed by atoms with van der Waals surface area (Å²) in [5.41, 5.74) is 7.43. The van der Waals surface area contributed by atoms with Gasteiger partial charge in [0.05, 0.1) is 48.4 Å². The Kier molecular flexibility index (Phi) is 7.87. The van der Waals surface area contributed by atoms with Crippen LogP contribution < -0.4 is 25.4 Å². The van der Waals surface area contributed by atoms with Gasteiger partial charge in [0.15, 0.2) is 12.4 Å². The zero-order valence-electron chi connectivity index (χ0n) is 21.8. The molecule has 0 atom stereocenters. The van der Waals surface area contributed by atoms with Crippen molar-refractivity contribution in [2.45, 2.75) is 37.8 Å². The van der Waals surface area contributed by atoms with E-state index in [-0.39, 0.29) is 24.7 Å². The molecule has 0 bridgehead atoms. The summed E-state index contributed by atoms with van der Waals surface area (Å²) in [7, 11) is 3.37. The molecule has 1 amide bonds. The van der Waals surface area contributed by atoms with Gasteiger partial charge >= 0.3 is 0 Å². The van der Waals surface area contributed by atoms with E-state index in [1.807, 2.05) is 12.1 Å². The lowest BCUT2D eigenvalue weighted by atomic mass is 9.93. The summed E-state index contributed by atoms with van der Waals surface area (Å²) in [6, 6.07) is 4.10. The van der Waals surface area contributed by atoms with Gasteiger partial charge in [-0.15, -0.1) is 0 Å². The van der Waals surface area contributed by atoms with Crippen molar-refractivity contribution in [3.8, 4) is 11.6 Å². The van der Waals surface area contributed by atoms with Crippen LogP contribution in [0.4, 0.5) is 17.5 Å². The van der Waals surface area contributed by atoms with E-state index in [2.05, 4.69) is 25.2 Å². The molecule has 202 valence electrons. The van der Waals surface area contributed by atoms with Crippen LogP contribution in [0.1, 0.15) is 25.7 Å². The highest BCUT2D eigenvalue weighted by Gasteiger charge is 2.25. The second-order valence-electron chi connectivity index (χ2n) is 9.78. The number of rotatable bonds is 8. The van der Waals surface area contributed by atoms with Crippen LogP contribution in [0.2, 0.25) is 0 Å². The number of pyridine rings is 2. The number of nitrogens with two attached hydrogens (primary N) is 1. The molecule has 12 nitrogen and oxygen atoms in total. The number of morpholine rings is 1. The van der Waals surface area contributed by atoms with Crippen molar-refractivity contribution >= 4 is 34.3 Å². The molecule has 3 N–H and O–H groups in total. The molecule has 3 aromatic rings. The number of ether oxygens (including phenoxy) is 3. The molecule has 0 unspecified atom stereocenters. The van der Waals surface area contributed by atoms with Crippen LogP contribution in [0, 0.1) is 0 Å². The van der Waals surface area contributed by atoms with Gasteiger partial charge < -0.3 is 35.1 Å². The fourth-order valence-electron chi connectivity index (χ4n) is 4.55. The third kappa shape index (κ3) is 6.31. The monoisotopic (exact) mass is 522 g/mol. The number of nitrogens with zero attached hydrogens (tertiary/aromatic N) is 6. The smallest absolute Gasteiger partial charge is 0.259 e. The molecule has 2 fully saturated rings. The molecule has 4 heterocycles. The fraction of sp³-hybridized carbons (Fsp3) is 0.500. The highest BCUT2D eigenvalue weighted by Crippen LogP contribution is 2.32. The van der Waals surface area contributed by atoms with Crippen molar-refractivity contribution in [1.29, 1.82) is 0 Å². The third-order valence-corrected chi connectivity index (χ3v) is 6.76. The average Bonchev–Trinajstić information content (AvgIpc) is 2.94. The van der Waals surface area contributed by atoms with E-state index in [0.29, 0.717) is 36.5 Å². The fourth-order valence-corrected chi connectivity index (χ4v) is 4.55. The van der Waals surface area contributed by atoms with E-state index in [9.17, 15) is 4.79 Å². The van der Waals surface area contributed by atoms with Gasteiger partial charge in [-0.1, -0.05) is 0 Å². The average molecular weight is 523 g/mol. The van der Waals surface area contributed by atoms with Crippen molar-refractivity contribution in [3.05, 3.63) is 30.7 Å². The molecular formula is C26H34N8O4. The Morgan fingerprint density at radius 3 is 2.55 bits per heavy atom. The van der Waals surface area contributed by atoms with Crippen LogP contribution in [0.3, 0.4) is 0 Å². The lowest BCUT2D eigenvalue weighted by molar-refractivity contribution is -0.130. The molecule has 12 heteroatoms. The number of carbonyl (C=O) groups excluding carboxylic acids is 1. The number of aromatic nitrogens is 4. The molecular weight excluding hydrogens is 488 g/mol. The zero-order chi connectivity index (χ0) is 26.5. The van der Waals surface area contributed by atoms with Gasteiger partial charge in [-0.2, -0.15) is 4.98 Å². The van der Waals surface area contributed by atoms with E-state index >= 15 is 0 Å². The number of nitrogen functional groups attached to an aromatic ring is 1. The highest BCUT2D eigenvalue weighted by molar-refractivity contribution is 5.88. The second-order valence-corrected chi connectivity index (χ2v) is 9.78. The Balaban J connectivity index is 1.18. The molecule has 38 heavy (non-hydrogen) atoms. The summed E-state index contributed by atoms with van der Waals surface area (Å²) in [4.78, 5) is 33.4. The highest BCUT2D eigenvalue weighted by atomic mass is 16.5. The van der Waals surface area contributed by atoms with Crippen molar-refractivity contribution in [2.24, 2.45) is 0 Å². The summed E-state index contributed by atoms with van der Waals surface area (Å²) in [5, 5.41) is 4.22. The van der Waals surface area contributed by atoms with E-state index in [1.165, 1.54) is 4.90 Å². The number of anilines is 3. The standard InChI is InChI=1S/C26H34N8O4/c1-33(2)24(35)16-37-20-14-29-26(30-15-20)31-18-3-5-19(6-4-18)38-25-21-11-17(27)13-28-22(21)12-23(32-25)34-7-9-36-10-8-34/h11-15,18-19H,3-10,16,27H2,1-2H3,(H,29,30,31)/t18-,19+. The van der Waals surface area contributed by atoms with E-state index in [0.717, 1.165) is 55.5 Å². The number of carbonyl (C=O) groups is 1. The first-order chi connectivity index (χ1) is 18.4. The lowest BCUT2D eigenvalue weighted by Gasteiger charge is -2.31. The zero-order valence-corrected chi connectivity index (χ0v) is 21.8. The molecule has 1 saturated heterocycles. The minimum Gasteiger partial charge on any atom is -0.481 e. The Morgan fingerprint density at radius 1 is 1.11 bits per heavy atom. The van der Waals surface area contributed by atoms with E-state index < -0.39 is 0 Å². The van der Waals surface area contributed by atoms with Crippen LogP contribution >= 0.6 is 0 Å². The number of amides is 1. The number of hydrogen-bond donors (Lipinski definition) is 2. The van der Waals surface area contributed by atoms with Crippen LogP contribution in [-0.2, 0) is 9.53 Å². The van der Waals surface area contributed by atoms with Crippen molar-refractivity contribution in [3.63, 3.8) is 0 Å². The van der Waals surface area contributed by atoms with Gasteiger partial charge in [0.25, 0.3) is 5.91 Å². The van der Waals surface area contributed by atoms with Crippen molar-refractivity contribution in [2.75, 3.05) is 63.0 Å². The summed E-state index contributed by atoms with van der Waals surface area (Å²) in [5.74, 6) is 2.29. The predicted molar refractivity (Wildman–Crippen MR) is 143 cm³/mol. The molecule has 0 radical (unpaired) electrons. The van der Waals surface area contributed by atoms with Crippen LogP contribution in [0.25, 0.3) is 10.9 Å². The summed E-state index contributed by atoms with van der Waals surface area (Å²) in [6.07, 6.45) is 8.40. The maximum atomic E-state index is 11.7. The van der Waals surface area contributed by atoms with Gasteiger partial charge in [0.2, 0.25) is 11.8 Å². The Hall–Kier alpha value is -3.93. The van der Waals surface area contributed by atoms with Crippen LogP contribution in [-0.4, -0.2) is 89.9 Å². The number of likely N-dealkylation sites (N-methyl/N-ethyl adjacent to an activating group) is 1. The predicted octanol–water partition coefficient (Wildman–Crippen LogP) is 2.11. The summed E-state index contributed by atoms with van der Waals surface area (Å²) < 4.78 is 17.4. The molecule has 1 aliphatic heterocycles. The maximum absolute atomic E-state index is 11.7.